The highest BCUT2D eigenvalue weighted by atomic mass is 16.5. The number of aromatic amines is 1. The summed E-state index contributed by atoms with van der Waals surface area (Å²) >= 11 is 0. The van der Waals surface area contributed by atoms with Crippen LogP contribution < -0.4 is 15.2 Å². The van der Waals surface area contributed by atoms with Gasteiger partial charge in [0.05, 0.1) is 25.9 Å². The lowest BCUT2D eigenvalue weighted by molar-refractivity contribution is 0.356. The van der Waals surface area contributed by atoms with Gasteiger partial charge in [0.25, 0.3) is 0 Å². The van der Waals surface area contributed by atoms with Crippen molar-refractivity contribution in [3.8, 4) is 34.0 Å². The van der Waals surface area contributed by atoms with E-state index in [1.165, 1.54) is 0 Å². The van der Waals surface area contributed by atoms with Gasteiger partial charge in [0.1, 0.15) is 5.82 Å². The van der Waals surface area contributed by atoms with Crippen LogP contribution in [0.15, 0.2) is 48.8 Å². The van der Waals surface area contributed by atoms with Crippen molar-refractivity contribution in [2.45, 2.75) is 0 Å². The third-order valence-electron chi connectivity index (χ3n) is 4.21. The number of nitrogens with two attached hydrogens (primary N) is 1. The molecule has 4 aromatic rings. The number of fused-ring (bicyclic) bond motifs is 1. The van der Waals surface area contributed by atoms with E-state index in [9.17, 15) is 0 Å². The Labute approximate surface area is 149 Å². The van der Waals surface area contributed by atoms with Crippen molar-refractivity contribution in [1.82, 2.24) is 20.2 Å². The lowest BCUT2D eigenvalue weighted by Gasteiger charge is -2.11. The summed E-state index contributed by atoms with van der Waals surface area (Å²) in [5.74, 6) is 2.14. The van der Waals surface area contributed by atoms with Crippen LogP contribution in [0.2, 0.25) is 0 Å². The zero-order valence-electron chi connectivity index (χ0n) is 14.4. The second-order valence-electron chi connectivity index (χ2n) is 5.72. The van der Waals surface area contributed by atoms with Gasteiger partial charge in [-0.25, -0.2) is 9.97 Å². The number of rotatable bonds is 4. The maximum Gasteiger partial charge on any atom is 0.162 e. The molecule has 0 aliphatic rings. The lowest BCUT2D eigenvalue weighted by atomic mass is 10.1. The molecule has 7 heteroatoms. The van der Waals surface area contributed by atoms with Crippen LogP contribution in [0.5, 0.6) is 11.5 Å². The summed E-state index contributed by atoms with van der Waals surface area (Å²) in [6.45, 7) is 0. The van der Waals surface area contributed by atoms with Crippen molar-refractivity contribution in [3.63, 3.8) is 0 Å². The Balaban J connectivity index is 1.79. The Kier molecular flexibility index (Phi) is 3.89. The summed E-state index contributed by atoms with van der Waals surface area (Å²) in [4.78, 5) is 9.08. The van der Waals surface area contributed by atoms with E-state index >= 15 is 0 Å². The van der Waals surface area contributed by atoms with Gasteiger partial charge in [-0.05, 0) is 11.6 Å². The molecule has 2 heterocycles. The summed E-state index contributed by atoms with van der Waals surface area (Å²) in [6.07, 6.45) is 3.62. The number of methoxy groups -OCH3 is 2. The summed E-state index contributed by atoms with van der Waals surface area (Å²) in [7, 11) is 3.17. The van der Waals surface area contributed by atoms with E-state index in [1.807, 2.05) is 30.5 Å². The molecule has 0 saturated carbocycles. The third kappa shape index (κ3) is 2.69. The number of H-pyrrole nitrogens is 1. The van der Waals surface area contributed by atoms with Crippen LogP contribution in [0.25, 0.3) is 33.4 Å². The highest BCUT2D eigenvalue weighted by Crippen LogP contribution is 2.34. The first kappa shape index (κ1) is 15.9. The molecule has 0 fully saturated rings. The molecule has 0 spiro atoms. The first-order chi connectivity index (χ1) is 12.7. The Morgan fingerprint density at radius 2 is 1.58 bits per heavy atom. The van der Waals surface area contributed by atoms with Crippen molar-refractivity contribution in [3.05, 3.63) is 48.8 Å². The third-order valence-corrected chi connectivity index (χ3v) is 4.21. The predicted octanol–water partition coefficient (Wildman–Crippen LogP) is 3.29. The minimum absolute atomic E-state index is 0.393. The second kappa shape index (κ2) is 6.36. The molecular formula is C19H17N5O2. The normalized spacial score (nSPS) is 10.8. The zero-order chi connectivity index (χ0) is 18.1. The maximum absolute atomic E-state index is 6.16. The molecule has 0 amide bonds. The SMILES string of the molecule is COc1cc2nc(-c3ccc(-c4cn[nH]c4)cc3)nc(N)c2cc1OC. The topological polar surface area (TPSA) is 98.9 Å². The van der Waals surface area contributed by atoms with Gasteiger partial charge in [-0.3, -0.25) is 5.10 Å². The van der Waals surface area contributed by atoms with E-state index in [2.05, 4.69) is 20.2 Å². The smallest absolute Gasteiger partial charge is 0.162 e. The molecular weight excluding hydrogens is 330 g/mol. The quantitative estimate of drug-likeness (QED) is 0.588. The molecule has 7 nitrogen and oxygen atoms in total. The van der Waals surface area contributed by atoms with Crippen LogP contribution in [-0.2, 0) is 0 Å². The molecule has 0 radical (unpaired) electrons. The summed E-state index contributed by atoms with van der Waals surface area (Å²) in [5, 5.41) is 7.50. The van der Waals surface area contributed by atoms with Gasteiger partial charge in [0, 0.05) is 28.8 Å². The van der Waals surface area contributed by atoms with Crippen LogP contribution in [0.3, 0.4) is 0 Å². The van der Waals surface area contributed by atoms with Gasteiger partial charge < -0.3 is 15.2 Å². The van der Waals surface area contributed by atoms with E-state index in [4.69, 9.17) is 15.2 Å². The van der Waals surface area contributed by atoms with Crippen molar-refractivity contribution in [2.24, 2.45) is 0 Å². The highest BCUT2D eigenvalue weighted by molar-refractivity contribution is 5.92. The Hall–Kier alpha value is -3.61. The predicted molar refractivity (Wildman–Crippen MR) is 100 cm³/mol. The average Bonchev–Trinajstić information content (AvgIpc) is 3.22. The Bertz CT molecular complexity index is 1060. The zero-order valence-corrected chi connectivity index (χ0v) is 14.4. The molecule has 0 bridgehead atoms. The van der Waals surface area contributed by atoms with Gasteiger partial charge in [0.15, 0.2) is 17.3 Å². The minimum atomic E-state index is 0.393. The Morgan fingerprint density at radius 1 is 0.885 bits per heavy atom. The standard InChI is InChI=1S/C19H17N5O2/c1-25-16-7-14-15(8-17(16)26-2)23-19(24-18(14)20)12-5-3-11(4-6-12)13-9-21-22-10-13/h3-10H,1-2H3,(H,21,22)(H2,20,23,24). The number of hydrogen-bond acceptors (Lipinski definition) is 6. The van der Waals surface area contributed by atoms with E-state index in [-0.39, 0.29) is 0 Å². The van der Waals surface area contributed by atoms with E-state index in [0.717, 1.165) is 22.1 Å². The van der Waals surface area contributed by atoms with E-state index < -0.39 is 0 Å². The molecule has 2 aromatic carbocycles. The van der Waals surface area contributed by atoms with Crippen LogP contribution in [-0.4, -0.2) is 34.4 Å². The lowest BCUT2D eigenvalue weighted by Crippen LogP contribution is -1.99. The molecule has 130 valence electrons. The van der Waals surface area contributed by atoms with Crippen LogP contribution in [0.4, 0.5) is 5.82 Å². The van der Waals surface area contributed by atoms with E-state index in [1.54, 1.807) is 32.5 Å². The van der Waals surface area contributed by atoms with Gasteiger partial charge >= 0.3 is 0 Å². The molecule has 0 aliphatic heterocycles. The minimum Gasteiger partial charge on any atom is -0.493 e. The van der Waals surface area contributed by atoms with Gasteiger partial charge in [-0.1, -0.05) is 24.3 Å². The van der Waals surface area contributed by atoms with Crippen molar-refractivity contribution < 1.29 is 9.47 Å². The fourth-order valence-electron chi connectivity index (χ4n) is 2.83. The average molecular weight is 347 g/mol. The van der Waals surface area contributed by atoms with Crippen molar-refractivity contribution in [1.29, 1.82) is 0 Å². The van der Waals surface area contributed by atoms with Crippen LogP contribution >= 0.6 is 0 Å². The number of nitrogens with zero attached hydrogens (tertiary/aromatic N) is 3. The molecule has 2 aromatic heterocycles. The molecule has 4 rings (SSSR count). The van der Waals surface area contributed by atoms with Gasteiger partial charge in [-0.2, -0.15) is 5.10 Å². The van der Waals surface area contributed by atoms with Crippen molar-refractivity contribution >= 4 is 16.7 Å². The largest absolute Gasteiger partial charge is 0.493 e. The summed E-state index contributed by atoms with van der Waals surface area (Å²) < 4.78 is 10.7. The van der Waals surface area contributed by atoms with Crippen molar-refractivity contribution in [2.75, 3.05) is 20.0 Å². The number of hydrogen-bond donors (Lipinski definition) is 2. The highest BCUT2D eigenvalue weighted by Gasteiger charge is 2.12. The number of ether oxygens (including phenoxy) is 2. The van der Waals surface area contributed by atoms with Gasteiger partial charge in [-0.15, -0.1) is 0 Å². The molecule has 0 unspecified atom stereocenters. The van der Waals surface area contributed by atoms with E-state index in [0.29, 0.717) is 28.7 Å². The summed E-state index contributed by atoms with van der Waals surface area (Å²) in [5.41, 5.74) is 9.81. The number of anilines is 1. The number of aromatic nitrogens is 4. The first-order valence-electron chi connectivity index (χ1n) is 7.98. The van der Waals surface area contributed by atoms with Crippen LogP contribution in [0, 0.1) is 0 Å². The summed E-state index contributed by atoms with van der Waals surface area (Å²) in [6, 6.07) is 11.5. The molecule has 0 atom stereocenters. The maximum atomic E-state index is 6.16. The first-order valence-corrected chi connectivity index (χ1v) is 7.98. The molecule has 26 heavy (non-hydrogen) atoms. The molecule has 0 aliphatic carbocycles. The number of nitrogen functional groups attached to an aromatic ring is 1. The molecule has 3 N–H and O–H groups in total. The number of nitrogens with one attached hydrogen (secondary N) is 1. The van der Waals surface area contributed by atoms with Gasteiger partial charge in [0.2, 0.25) is 0 Å². The second-order valence-corrected chi connectivity index (χ2v) is 5.72. The number of benzene rings is 2. The molecule has 0 saturated heterocycles. The fraction of sp³-hybridized carbons (Fsp3) is 0.105. The Morgan fingerprint density at radius 3 is 2.23 bits per heavy atom. The van der Waals surface area contributed by atoms with Crippen LogP contribution in [0.1, 0.15) is 0 Å². The fourth-order valence-corrected chi connectivity index (χ4v) is 2.83. The monoisotopic (exact) mass is 347 g/mol.